The van der Waals surface area contributed by atoms with E-state index in [1.807, 2.05) is 19.4 Å². The maximum atomic E-state index is 4.20. The van der Waals surface area contributed by atoms with Crippen molar-refractivity contribution >= 4 is 11.4 Å². The van der Waals surface area contributed by atoms with E-state index in [1.165, 1.54) is 11.1 Å². The van der Waals surface area contributed by atoms with Crippen molar-refractivity contribution < 1.29 is 0 Å². The second kappa shape index (κ2) is 5.54. The van der Waals surface area contributed by atoms with E-state index in [4.69, 9.17) is 0 Å². The average molecular weight is 241 g/mol. The van der Waals surface area contributed by atoms with Gasteiger partial charge in [-0.2, -0.15) is 0 Å². The maximum absolute atomic E-state index is 4.20. The van der Waals surface area contributed by atoms with Gasteiger partial charge in [0.2, 0.25) is 0 Å². The van der Waals surface area contributed by atoms with Gasteiger partial charge in [0.05, 0.1) is 23.8 Å². The molecule has 0 saturated heterocycles. The summed E-state index contributed by atoms with van der Waals surface area (Å²) in [5.41, 5.74) is 4.65. The SMILES string of the molecule is CNc1cncc(NC(C)c2ccccc2C)c1. The quantitative estimate of drug-likeness (QED) is 0.858. The van der Waals surface area contributed by atoms with Gasteiger partial charge in [0.1, 0.15) is 0 Å². The zero-order valence-corrected chi connectivity index (χ0v) is 11.1. The van der Waals surface area contributed by atoms with Crippen LogP contribution in [-0.4, -0.2) is 12.0 Å². The predicted octanol–water partition coefficient (Wildman–Crippen LogP) is 3.60. The number of hydrogen-bond acceptors (Lipinski definition) is 3. The minimum atomic E-state index is 0.264. The van der Waals surface area contributed by atoms with Crippen molar-refractivity contribution in [1.82, 2.24) is 4.98 Å². The largest absolute Gasteiger partial charge is 0.387 e. The molecule has 94 valence electrons. The van der Waals surface area contributed by atoms with Gasteiger partial charge in [-0.05, 0) is 31.0 Å². The van der Waals surface area contributed by atoms with Crippen LogP contribution in [0, 0.1) is 6.92 Å². The van der Waals surface area contributed by atoms with E-state index in [1.54, 1.807) is 0 Å². The summed E-state index contributed by atoms with van der Waals surface area (Å²) in [5, 5.41) is 6.56. The Labute approximate surface area is 108 Å². The van der Waals surface area contributed by atoms with Crippen LogP contribution >= 0.6 is 0 Å². The van der Waals surface area contributed by atoms with Crippen LogP contribution in [0.25, 0.3) is 0 Å². The molecule has 3 heteroatoms. The number of hydrogen-bond donors (Lipinski definition) is 2. The van der Waals surface area contributed by atoms with E-state index in [9.17, 15) is 0 Å². The summed E-state index contributed by atoms with van der Waals surface area (Å²) in [6, 6.07) is 10.7. The van der Waals surface area contributed by atoms with Gasteiger partial charge in [0.15, 0.2) is 0 Å². The molecule has 1 aromatic heterocycles. The summed E-state index contributed by atoms with van der Waals surface area (Å²) in [6.07, 6.45) is 3.65. The van der Waals surface area contributed by atoms with Gasteiger partial charge >= 0.3 is 0 Å². The van der Waals surface area contributed by atoms with Crippen molar-refractivity contribution in [3.8, 4) is 0 Å². The minimum absolute atomic E-state index is 0.264. The van der Waals surface area contributed by atoms with Crippen LogP contribution in [0.3, 0.4) is 0 Å². The van der Waals surface area contributed by atoms with Crippen LogP contribution in [-0.2, 0) is 0 Å². The van der Waals surface area contributed by atoms with Crippen molar-refractivity contribution in [2.24, 2.45) is 0 Å². The van der Waals surface area contributed by atoms with Gasteiger partial charge < -0.3 is 10.6 Å². The molecule has 2 N–H and O–H groups in total. The van der Waals surface area contributed by atoms with Crippen LogP contribution in [0.15, 0.2) is 42.7 Å². The molecule has 1 unspecified atom stereocenters. The zero-order chi connectivity index (χ0) is 13.0. The summed E-state index contributed by atoms with van der Waals surface area (Å²) in [5.74, 6) is 0. The number of anilines is 2. The highest BCUT2D eigenvalue weighted by Gasteiger charge is 2.07. The molecule has 0 radical (unpaired) electrons. The standard InChI is InChI=1S/C15H19N3/c1-11-6-4-5-7-15(11)12(2)18-14-8-13(16-3)9-17-10-14/h4-10,12,16,18H,1-3H3. The summed E-state index contributed by atoms with van der Waals surface area (Å²) >= 11 is 0. The molecular formula is C15H19N3. The number of rotatable bonds is 4. The smallest absolute Gasteiger partial charge is 0.0552 e. The van der Waals surface area contributed by atoms with Crippen LogP contribution in [0.5, 0.6) is 0 Å². The first-order valence-corrected chi connectivity index (χ1v) is 6.15. The van der Waals surface area contributed by atoms with Crippen molar-refractivity contribution in [3.63, 3.8) is 0 Å². The molecule has 0 aliphatic heterocycles. The fraction of sp³-hybridized carbons (Fsp3) is 0.267. The third-order valence-electron chi connectivity index (χ3n) is 3.07. The van der Waals surface area contributed by atoms with Crippen LogP contribution in [0.1, 0.15) is 24.1 Å². The molecule has 1 atom stereocenters. The maximum Gasteiger partial charge on any atom is 0.0552 e. The zero-order valence-electron chi connectivity index (χ0n) is 11.1. The number of nitrogens with one attached hydrogen (secondary N) is 2. The van der Waals surface area contributed by atoms with Crippen molar-refractivity contribution in [1.29, 1.82) is 0 Å². The highest BCUT2D eigenvalue weighted by atomic mass is 14.9. The molecule has 0 fully saturated rings. The van der Waals surface area contributed by atoms with Crippen LogP contribution in [0.2, 0.25) is 0 Å². The highest BCUT2D eigenvalue weighted by molar-refractivity contribution is 5.54. The Morgan fingerprint density at radius 2 is 1.83 bits per heavy atom. The van der Waals surface area contributed by atoms with Gasteiger partial charge in [0, 0.05) is 13.1 Å². The van der Waals surface area contributed by atoms with Crippen molar-refractivity contribution in [2.45, 2.75) is 19.9 Å². The second-order valence-corrected chi connectivity index (χ2v) is 4.43. The molecule has 2 rings (SSSR count). The molecule has 0 amide bonds. The van der Waals surface area contributed by atoms with Crippen LogP contribution < -0.4 is 10.6 Å². The third-order valence-corrected chi connectivity index (χ3v) is 3.07. The lowest BCUT2D eigenvalue weighted by atomic mass is 10.0. The molecule has 3 nitrogen and oxygen atoms in total. The first-order valence-electron chi connectivity index (χ1n) is 6.15. The number of aromatic nitrogens is 1. The fourth-order valence-electron chi connectivity index (χ4n) is 2.06. The number of nitrogens with zero attached hydrogens (tertiary/aromatic N) is 1. The number of aryl methyl sites for hydroxylation is 1. The van der Waals surface area contributed by atoms with E-state index < -0.39 is 0 Å². The van der Waals surface area contributed by atoms with Gasteiger partial charge in [-0.3, -0.25) is 4.98 Å². The lowest BCUT2D eigenvalue weighted by molar-refractivity contribution is 0.872. The Kier molecular flexibility index (Phi) is 3.82. The molecule has 0 spiro atoms. The van der Waals surface area contributed by atoms with Crippen molar-refractivity contribution in [2.75, 3.05) is 17.7 Å². The molecule has 2 aromatic rings. The molecule has 0 saturated carbocycles. The second-order valence-electron chi connectivity index (χ2n) is 4.43. The molecule has 0 bridgehead atoms. The molecule has 18 heavy (non-hydrogen) atoms. The Bertz CT molecular complexity index is 523. The normalized spacial score (nSPS) is 11.9. The topological polar surface area (TPSA) is 37.0 Å². The Hall–Kier alpha value is -2.03. The summed E-state index contributed by atoms with van der Waals surface area (Å²) < 4.78 is 0. The first-order chi connectivity index (χ1) is 8.70. The molecule has 0 aliphatic rings. The molecule has 1 heterocycles. The lowest BCUT2D eigenvalue weighted by Gasteiger charge is -2.18. The molecule has 0 aliphatic carbocycles. The van der Waals surface area contributed by atoms with E-state index in [0.717, 1.165) is 11.4 Å². The molecule has 1 aromatic carbocycles. The number of benzene rings is 1. The van der Waals surface area contributed by atoms with E-state index in [0.29, 0.717) is 0 Å². The Morgan fingerprint density at radius 1 is 1.11 bits per heavy atom. The Balaban J connectivity index is 2.16. The monoisotopic (exact) mass is 241 g/mol. The van der Waals surface area contributed by atoms with Crippen LogP contribution in [0.4, 0.5) is 11.4 Å². The van der Waals surface area contributed by atoms with E-state index >= 15 is 0 Å². The average Bonchev–Trinajstić information content (AvgIpc) is 2.39. The van der Waals surface area contributed by atoms with E-state index in [2.05, 4.69) is 59.8 Å². The third kappa shape index (κ3) is 2.80. The van der Waals surface area contributed by atoms with E-state index in [-0.39, 0.29) is 6.04 Å². The van der Waals surface area contributed by atoms with Gasteiger partial charge in [0.25, 0.3) is 0 Å². The van der Waals surface area contributed by atoms with Crippen molar-refractivity contribution in [3.05, 3.63) is 53.9 Å². The first kappa shape index (κ1) is 12.4. The lowest BCUT2D eigenvalue weighted by Crippen LogP contribution is -2.08. The summed E-state index contributed by atoms with van der Waals surface area (Å²) in [7, 11) is 1.89. The van der Waals surface area contributed by atoms with Gasteiger partial charge in [-0.15, -0.1) is 0 Å². The summed E-state index contributed by atoms with van der Waals surface area (Å²) in [4.78, 5) is 4.20. The van der Waals surface area contributed by atoms with Gasteiger partial charge in [-0.25, -0.2) is 0 Å². The highest BCUT2D eigenvalue weighted by Crippen LogP contribution is 2.22. The number of pyridine rings is 1. The van der Waals surface area contributed by atoms with Gasteiger partial charge in [-0.1, -0.05) is 24.3 Å². The molecular weight excluding hydrogens is 222 g/mol. The Morgan fingerprint density at radius 3 is 2.56 bits per heavy atom. The fourth-order valence-corrected chi connectivity index (χ4v) is 2.06. The summed E-state index contributed by atoms with van der Waals surface area (Å²) in [6.45, 7) is 4.30. The predicted molar refractivity (Wildman–Crippen MR) is 77.0 cm³/mol. The minimum Gasteiger partial charge on any atom is -0.387 e.